The van der Waals surface area contributed by atoms with Crippen LogP contribution in [0.5, 0.6) is 0 Å². The van der Waals surface area contributed by atoms with Crippen molar-refractivity contribution in [3.8, 4) is 0 Å². The number of anilines is 1. The Morgan fingerprint density at radius 1 is 1.26 bits per heavy atom. The molecule has 1 N–H and O–H groups in total. The summed E-state index contributed by atoms with van der Waals surface area (Å²) in [6.45, 7) is 8.19. The molecule has 2 saturated heterocycles. The van der Waals surface area contributed by atoms with Gasteiger partial charge in [0.05, 0.1) is 6.10 Å². The Hall–Kier alpha value is -1.13. The molecule has 4 heteroatoms. The highest BCUT2D eigenvalue weighted by molar-refractivity contribution is 5.41. The van der Waals surface area contributed by atoms with Crippen molar-refractivity contribution in [1.29, 1.82) is 0 Å². The smallest absolute Gasteiger partial charge is 0.128 e. The summed E-state index contributed by atoms with van der Waals surface area (Å²) < 4.78 is 0. The zero-order chi connectivity index (χ0) is 13.4. The summed E-state index contributed by atoms with van der Waals surface area (Å²) in [5.74, 6) is 1.63. The van der Waals surface area contributed by atoms with Crippen molar-refractivity contribution < 1.29 is 5.11 Å². The SMILES string of the molecule is CC(C)c1ccc(N2CCC(N3CC(O)C3)C2)nc1. The fourth-order valence-electron chi connectivity index (χ4n) is 2.96. The summed E-state index contributed by atoms with van der Waals surface area (Å²) in [7, 11) is 0. The van der Waals surface area contributed by atoms with Crippen LogP contribution >= 0.6 is 0 Å². The van der Waals surface area contributed by atoms with Gasteiger partial charge in [-0.3, -0.25) is 4.90 Å². The number of hydrogen-bond donors (Lipinski definition) is 1. The number of pyridine rings is 1. The van der Waals surface area contributed by atoms with E-state index in [0.29, 0.717) is 12.0 Å². The molecular weight excluding hydrogens is 238 g/mol. The van der Waals surface area contributed by atoms with Crippen molar-refractivity contribution in [2.24, 2.45) is 0 Å². The van der Waals surface area contributed by atoms with Gasteiger partial charge in [-0.1, -0.05) is 19.9 Å². The predicted octanol–water partition coefficient (Wildman–Crippen LogP) is 1.46. The molecule has 0 radical (unpaired) electrons. The van der Waals surface area contributed by atoms with Gasteiger partial charge in [-0.15, -0.1) is 0 Å². The lowest BCUT2D eigenvalue weighted by Gasteiger charge is -2.40. The first kappa shape index (κ1) is 12.9. The maximum Gasteiger partial charge on any atom is 0.128 e. The molecule has 1 aromatic heterocycles. The first-order valence-corrected chi connectivity index (χ1v) is 7.26. The molecule has 0 amide bonds. The monoisotopic (exact) mass is 261 g/mol. The average molecular weight is 261 g/mol. The number of rotatable bonds is 3. The Kier molecular flexibility index (Phi) is 3.46. The highest BCUT2D eigenvalue weighted by atomic mass is 16.3. The van der Waals surface area contributed by atoms with E-state index in [2.05, 4.69) is 40.8 Å². The van der Waals surface area contributed by atoms with Gasteiger partial charge in [-0.2, -0.15) is 0 Å². The van der Waals surface area contributed by atoms with E-state index in [1.54, 1.807) is 0 Å². The number of likely N-dealkylation sites (tertiary alicyclic amines) is 1. The van der Waals surface area contributed by atoms with Crippen molar-refractivity contribution in [2.75, 3.05) is 31.1 Å². The van der Waals surface area contributed by atoms with Crippen LogP contribution in [0.3, 0.4) is 0 Å². The molecule has 2 aliphatic heterocycles. The van der Waals surface area contributed by atoms with Crippen molar-refractivity contribution in [3.63, 3.8) is 0 Å². The second-order valence-corrected chi connectivity index (χ2v) is 6.10. The predicted molar refractivity (Wildman–Crippen MR) is 76.5 cm³/mol. The summed E-state index contributed by atoms with van der Waals surface area (Å²) in [5, 5.41) is 9.38. The second kappa shape index (κ2) is 5.10. The fourth-order valence-corrected chi connectivity index (χ4v) is 2.96. The van der Waals surface area contributed by atoms with Gasteiger partial charge in [-0.25, -0.2) is 4.98 Å². The standard InChI is InChI=1S/C15H23N3O/c1-11(2)12-3-4-15(16-7-12)17-6-5-13(8-17)18-9-14(19)10-18/h3-4,7,11,13-14,19H,5-6,8-10H2,1-2H3. The molecule has 0 aromatic carbocycles. The van der Waals surface area contributed by atoms with Gasteiger partial charge >= 0.3 is 0 Å². The number of aromatic nitrogens is 1. The van der Waals surface area contributed by atoms with Gasteiger partial charge in [0.25, 0.3) is 0 Å². The number of nitrogens with zero attached hydrogens (tertiary/aromatic N) is 3. The van der Waals surface area contributed by atoms with Crippen LogP contribution < -0.4 is 4.90 Å². The van der Waals surface area contributed by atoms with E-state index in [9.17, 15) is 5.11 Å². The maximum absolute atomic E-state index is 9.38. The Balaban J connectivity index is 1.61. The van der Waals surface area contributed by atoms with Gasteiger partial charge in [0, 0.05) is 38.4 Å². The van der Waals surface area contributed by atoms with Crippen LogP contribution in [0.1, 0.15) is 31.7 Å². The van der Waals surface area contributed by atoms with E-state index in [0.717, 1.165) is 32.0 Å². The van der Waals surface area contributed by atoms with Gasteiger partial charge in [-0.05, 0) is 24.0 Å². The third-order valence-electron chi connectivity index (χ3n) is 4.33. The van der Waals surface area contributed by atoms with Crippen LogP contribution in [0.4, 0.5) is 5.82 Å². The molecule has 3 rings (SSSR count). The Morgan fingerprint density at radius 3 is 2.63 bits per heavy atom. The number of β-amino-alcohol motifs (C(OH)–C–C–N with tert-alkyl or cyclic N) is 1. The van der Waals surface area contributed by atoms with E-state index in [-0.39, 0.29) is 6.10 Å². The molecule has 0 saturated carbocycles. The summed E-state index contributed by atoms with van der Waals surface area (Å²) in [5.41, 5.74) is 1.30. The van der Waals surface area contributed by atoms with E-state index in [1.807, 2.05) is 6.20 Å². The molecular formula is C15H23N3O. The molecule has 0 aliphatic carbocycles. The first-order valence-electron chi connectivity index (χ1n) is 7.26. The van der Waals surface area contributed by atoms with Crippen LogP contribution in [-0.2, 0) is 0 Å². The number of aliphatic hydroxyl groups excluding tert-OH is 1. The minimum absolute atomic E-state index is 0.0995. The second-order valence-electron chi connectivity index (χ2n) is 6.10. The summed E-state index contributed by atoms with van der Waals surface area (Å²) >= 11 is 0. The molecule has 104 valence electrons. The van der Waals surface area contributed by atoms with Crippen LogP contribution in [0.25, 0.3) is 0 Å². The van der Waals surface area contributed by atoms with Crippen LogP contribution in [-0.4, -0.2) is 53.3 Å². The molecule has 4 nitrogen and oxygen atoms in total. The summed E-state index contributed by atoms with van der Waals surface area (Å²) in [6, 6.07) is 4.92. The van der Waals surface area contributed by atoms with Crippen molar-refractivity contribution in [3.05, 3.63) is 23.9 Å². The van der Waals surface area contributed by atoms with Crippen LogP contribution in [0.15, 0.2) is 18.3 Å². The lowest BCUT2D eigenvalue weighted by atomic mass is 10.1. The van der Waals surface area contributed by atoms with Gasteiger partial charge in [0.2, 0.25) is 0 Å². The molecule has 1 unspecified atom stereocenters. The third-order valence-corrected chi connectivity index (χ3v) is 4.33. The Morgan fingerprint density at radius 2 is 2.05 bits per heavy atom. The number of hydrogen-bond acceptors (Lipinski definition) is 4. The normalized spacial score (nSPS) is 25.1. The third kappa shape index (κ3) is 2.60. The Bertz CT molecular complexity index is 426. The zero-order valence-corrected chi connectivity index (χ0v) is 11.8. The average Bonchev–Trinajstić information content (AvgIpc) is 2.84. The van der Waals surface area contributed by atoms with E-state index in [4.69, 9.17) is 0 Å². The van der Waals surface area contributed by atoms with Crippen molar-refractivity contribution in [1.82, 2.24) is 9.88 Å². The Labute approximate surface area is 115 Å². The quantitative estimate of drug-likeness (QED) is 0.894. The molecule has 0 spiro atoms. The van der Waals surface area contributed by atoms with Crippen molar-refractivity contribution in [2.45, 2.75) is 38.3 Å². The summed E-state index contributed by atoms with van der Waals surface area (Å²) in [4.78, 5) is 9.34. The van der Waals surface area contributed by atoms with Gasteiger partial charge in [0.15, 0.2) is 0 Å². The van der Waals surface area contributed by atoms with Gasteiger partial charge < -0.3 is 10.0 Å². The molecule has 1 aromatic rings. The van der Waals surface area contributed by atoms with E-state index in [1.165, 1.54) is 12.0 Å². The minimum Gasteiger partial charge on any atom is -0.390 e. The highest BCUT2D eigenvalue weighted by Crippen LogP contribution is 2.25. The largest absolute Gasteiger partial charge is 0.390 e. The van der Waals surface area contributed by atoms with Crippen LogP contribution in [0, 0.1) is 0 Å². The first-order chi connectivity index (χ1) is 9.13. The molecule has 3 heterocycles. The molecule has 1 atom stereocenters. The van der Waals surface area contributed by atoms with Gasteiger partial charge in [0.1, 0.15) is 5.82 Å². The number of aliphatic hydroxyl groups is 1. The van der Waals surface area contributed by atoms with E-state index >= 15 is 0 Å². The van der Waals surface area contributed by atoms with Crippen molar-refractivity contribution >= 4 is 5.82 Å². The van der Waals surface area contributed by atoms with Crippen LogP contribution in [0.2, 0.25) is 0 Å². The molecule has 2 aliphatic rings. The highest BCUT2D eigenvalue weighted by Gasteiger charge is 2.35. The zero-order valence-electron chi connectivity index (χ0n) is 11.8. The van der Waals surface area contributed by atoms with E-state index < -0.39 is 0 Å². The lowest BCUT2D eigenvalue weighted by Crippen LogP contribution is -2.56. The minimum atomic E-state index is -0.0995. The molecule has 0 bridgehead atoms. The maximum atomic E-state index is 9.38. The molecule has 19 heavy (non-hydrogen) atoms. The lowest BCUT2D eigenvalue weighted by molar-refractivity contribution is -0.0195. The molecule has 2 fully saturated rings. The summed E-state index contributed by atoms with van der Waals surface area (Å²) in [6.07, 6.45) is 3.08. The fraction of sp³-hybridized carbons (Fsp3) is 0.667. The topological polar surface area (TPSA) is 39.6 Å².